The topological polar surface area (TPSA) is 7.76 Å². The number of hydrogen-bond donors (Lipinski definition) is 0. The van der Waals surface area contributed by atoms with E-state index < -0.39 is 8.07 Å². The number of thiophene rings is 1. The molecule has 308 valence electrons. The predicted molar refractivity (Wildman–Crippen MR) is 265 cm³/mol. The summed E-state index contributed by atoms with van der Waals surface area (Å²) in [5.74, 6) is 1.09. The zero-order chi connectivity index (χ0) is 42.0. The van der Waals surface area contributed by atoms with Gasteiger partial charge in [0, 0.05) is 50.3 Å². The molecule has 8 aromatic rings. The van der Waals surface area contributed by atoms with E-state index in [9.17, 15) is 0 Å². The first kappa shape index (κ1) is 39.4. The van der Waals surface area contributed by atoms with Gasteiger partial charge in [0.05, 0.1) is 24.8 Å². The lowest BCUT2D eigenvalue weighted by molar-refractivity contribution is -0.719. The Morgan fingerprint density at radius 3 is 2.26 bits per heavy atom. The highest BCUT2D eigenvalue weighted by atomic mass is 32.1. The summed E-state index contributed by atoms with van der Waals surface area (Å²) in [4.78, 5) is 0. The molecule has 0 N–H and O–H groups in total. The van der Waals surface area contributed by atoms with Gasteiger partial charge in [-0.05, 0) is 95.3 Å². The molecule has 5 aromatic carbocycles. The van der Waals surface area contributed by atoms with E-state index in [4.69, 9.17) is 6.58 Å². The van der Waals surface area contributed by atoms with Crippen LogP contribution in [0.2, 0.25) is 19.6 Å². The number of aryl methyl sites for hydroxylation is 1. The van der Waals surface area contributed by atoms with Gasteiger partial charge in [0.1, 0.15) is 0 Å². The number of fused-ring (bicyclic) bond motifs is 13. The third-order valence-corrected chi connectivity index (χ3v) is 17.8. The van der Waals surface area contributed by atoms with Crippen molar-refractivity contribution in [3.63, 3.8) is 0 Å². The summed E-state index contributed by atoms with van der Waals surface area (Å²) in [6.45, 7) is 12.6. The van der Waals surface area contributed by atoms with E-state index in [1.54, 1.807) is 5.19 Å². The molecule has 4 heteroatoms. The molecule has 0 saturated heterocycles. The van der Waals surface area contributed by atoms with Gasteiger partial charge in [-0.25, -0.2) is 0 Å². The monoisotopic (exact) mass is 842 g/mol. The van der Waals surface area contributed by atoms with Gasteiger partial charge in [0.25, 0.3) is 0 Å². The minimum Gasteiger partial charge on any atom is -0.194 e. The molecular formula is C58H58N2SSi+2. The Kier molecular flexibility index (Phi) is 10.2. The van der Waals surface area contributed by atoms with Gasteiger partial charge in [-0.3, -0.25) is 0 Å². The summed E-state index contributed by atoms with van der Waals surface area (Å²) in [7, 11) is -1.75. The molecule has 0 bridgehead atoms. The second-order valence-corrected chi connectivity index (χ2v) is 25.7. The first-order chi connectivity index (χ1) is 30.3. The number of benzene rings is 5. The van der Waals surface area contributed by atoms with Crippen LogP contribution in [0.1, 0.15) is 84.7 Å². The van der Waals surface area contributed by atoms with E-state index in [0.717, 1.165) is 38.0 Å². The highest BCUT2D eigenvalue weighted by Crippen LogP contribution is 2.49. The molecular weight excluding hydrogens is 785 g/mol. The van der Waals surface area contributed by atoms with Crippen molar-refractivity contribution in [2.75, 3.05) is 0 Å². The normalized spacial score (nSPS) is 17.8. The average Bonchev–Trinajstić information content (AvgIpc) is 3.68. The highest BCUT2D eigenvalue weighted by Gasteiger charge is 2.44. The summed E-state index contributed by atoms with van der Waals surface area (Å²) in [5, 5.41) is 4.31. The highest BCUT2D eigenvalue weighted by molar-refractivity contribution is 7.26. The lowest BCUT2D eigenvalue weighted by atomic mass is 9.77. The van der Waals surface area contributed by atoms with Crippen molar-refractivity contribution >= 4 is 50.5 Å². The molecule has 2 nitrogen and oxygen atoms in total. The summed E-state index contributed by atoms with van der Waals surface area (Å²) in [6, 6.07) is 51.1. The molecule has 0 radical (unpaired) electrons. The Bertz CT molecular complexity index is 2990. The van der Waals surface area contributed by atoms with Gasteiger partial charge in [-0.1, -0.05) is 149 Å². The Balaban J connectivity index is 1.14. The van der Waals surface area contributed by atoms with Crippen molar-refractivity contribution in [2.24, 2.45) is 5.92 Å². The molecule has 0 spiro atoms. The van der Waals surface area contributed by atoms with Crippen molar-refractivity contribution in [3.05, 3.63) is 180 Å². The van der Waals surface area contributed by atoms with Crippen LogP contribution < -0.4 is 14.3 Å². The number of allylic oxidation sites excluding steroid dienone is 1. The Morgan fingerprint density at radius 2 is 1.45 bits per heavy atom. The first-order valence-corrected chi connectivity index (χ1v) is 27.6. The smallest absolute Gasteiger partial charge is 0.194 e. The van der Waals surface area contributed by atoms with Crippen LogP contribution in [0.25, 0.3) is 59.5 Å². The number of pyridine rings is 2. The molecule has 3 aliphatic rings. The first-order valence-electron chi connectivity index (χ1n) is 23.3. The minimum absolute atomic E-state index is 0.235. The van der Waals surface area contributed by atoms with Gasteiger partial charge < -0.3 is 0 Å². The SMILES string of the molecule is C=C1CC2C(CCc3cc(-c4ccccc4)c4c(sc5ccccc54)c3-c3cc(CC4CCCCC4)cc[n+]31)c1ccccc1-c1cc(Cc3ccccc3)c([Si](C)(C)C)c[n+]12. The van der Waals surface area contributed by atoms with Gasteiger partial charge in [0.2, 0.25) is 11.4 Å². The zero-order valence-corrected chi connectivity index (χ0v) is 38.5. The Morgan fingerprint density at radius 1 is 0.710 bits per heavy atom. The molecule has 62 heavy (non-hydrogen) atoms. The number of hydrogen-bond acceptors (Lipinski definition) is 1. The van der Waals surface area contributed by atoms with Crippen LogP contribution in [0.5, 0.6) is 0 Å². The summed E-state index contributed by atoms with van der Waals surface area (Å²) in [5.41, 5.74) is 16.5. The van der Waals surface area contributed by atoms with Crippen molar-refractivity contribution in [3.8, 4) is 33.6 Å². The molecule has 5 heterocycles. The fraction of sp³-hybridized carbons (Fsp3) is 0.276. The maximum atomic E-state index is 5.06. The van der Waals surface area contributed by atoms with E-state index in [-0.39, 0.29) is 6.04 Å². The fourth-order valence-electron chi connectivity index (χ4n) is 11.6. The average molecular weight is 843 g/mol. The second-order valence-electron chi connectivity index (χ2n) is 19.6. The van der Waals surface area contributed by atoms with Crippen LogP contribution in [0.3, 0.4) is 0 Å². The van der Waals surface area contributed by atoms with Crippen LogP contribution >= 0.6 is 11.3 Å². The summed E-state index contributed by atoms with van der Waals surface area (Å²) >= 11 is 1.98. The molecule has 1 saturated carbocycles. The van der Waals surface area contributed by atoms with Crippen LogP contribution in [-0.4, -0.2) is 8.07 Å². The van der Waals surface area contributed by atoms with Gasteiger partial charge in [0.15, 0.2) is 24.1 Å². The largest absolute Gasteiger partial charge is 0.220 e. The standard InChI is InChI=1S/C58H58N2SSi/c1-39-32-51-48(46-24-14-15-25-47(46)52-37-45(34-41-20-10-6-11-21-41)55(38-60(51)52)62(2,3)4)29-28-44-36-50(43-22-12-7-13-23-43)57-49-26-16-17-27-54(49)61-58(57)56(44)53-35-42(30-31-59(39)53)33-40-18-8-5-9-19-40/h6-7,10-17,20-27,30-31,35-38,40,48,51H,1,5,8-9,18-19,28-29,32-34H2,2-4H3/q+2. The van der Waals surface area contributed by atoms with Crippen LogP contribution in [0, 0.1) is 5.92 Å². The molecule has 0 amide bonds. The molecule has 2 atom stereocenters. The van der Waals surface area contributed by atoms with Crippen LogP contribution in [-0.2, 0) is 19.3 Å². The van der Waals surface area contributed by atoms with Crippen LogP contribution in [0.4, 0.5) is 0 Å². The number of rotatable bonds is 6. The van der Waals surface area contributed by atoms with Crippen molar-refractivity contribution in [2.45, 2.75) is 95.8 Å². The van der Waals surface area contributed by atoms with Gasteiger partial charge >= 0.3 is 0 Å². The van der Waals surface area contributed by atoms with E-state index in [1.807, 2.05) is 11.3 Å². The van der Waals surface area contributed by atoms with E-state index in [1.165, 1.54) is 119 Å². The quantitative estimate of drug-likeness (QED) is 0.116. The van der Waals surface area contributed by atoms with E-state index in [2.05, 4.69) is 175 Å². The molecule has 11 rings (SSSR count). The molecule has 2 aliphatic heterocycles. The fourth-order valence-corrected chi connectivity index (χ4v) is 14.5. The maximum Gasteiger partial charge on any atom is 0.220 e. The molecule has 1 aliphatic carbocycles. The minimum atomic E-state index is -1.75. The third-order valence-electron chi connectivity index (χ3n) is 14.6. The van der Waals surface area contributed by atoms with Crippen molar-refractivity contribution in [1.82, 2.24) is 0 Å². The molecule has 1 fully saturated rings. The second kappa shape index (κ2) is 16.0. The van der Waals surface area contributed by atoms with Crippen molar-refractivity contribution in [1.29, 1.82) is 0 Å². The number of aromatic nitrogens is 2. The summed E-state index contributed by atoms with van der Waals surface area (Å²) in [6.07, 6.45) is 16.9. The Hall–Kier alpha value is -5.42. The van der Waals surface area contributed by atoms with E-state index >= 15 is 0 Å². The lowest BCUT2D eigenvalue weighted by Crippen LogP contribution is -2.54. The van der Waals surface area contributed by atoms with Gasteiger partial charge in [-0.2, -0.15) is 9.13 Å². The molecule has 3 aromatic heterocycles. The lowest BCUT2D eigenvalue weighted by Gasteiger charge is -2.33. The Labute approximate surface area is 373 Å². The van der Waals surface area contributed by atoms with E-state index in [0.29, 0.717) is 5.92 Å². The predicted octanol–water partition coefficient (Wildman–Crippen LogP) is 14.0. The zero-order valence-electron chi connectivity index (χ0n) is 36.7. The maximum absolute atomic E-state index is 5.06. The van der Waals surface area contributed by atoms with Crippen molar-refractivity contribution < 1.29 is 9.13 Å². The number of nitrogens with zero attached hydrogens (tertiary/aromatic N) is 2. The van der Waals surface area contributed by atoms with Crippen LogP contribution in [0.15, 0.2) is 152 Å². The molecule has 2 unspecified atom stereocenters. The summed E-state index contributed by atoms with van der Waals surface area (Å²) < 4.78 is 8.01. The third kappa shape index (κ3) is 7.10. The van der Waals surface area contributed by atoms with Gasteiger partial charge in [-0.15, -0.1) is 11.3 Å².